The molecule has 0 amide bonds. The van der Waals surface area contributed by atoms with Crippen LogP contribution in [-0.4, -0.2) is 10.8 Å². The van der Waals surface area contributed by atoms with E-state index in [1.807, 2.05) is 50.2 Å². The van der Waals surface area contributed by atoms with E-state index in [9.17, 15) is 4.79 Å². The molecule has 2 nitrogen and oxygen atoms in total. The summed E-state index contributed by atoms with van der Waals surface area (Å²) >= 11 is 3.43. The van der Waals surface area contributed by atoms with E-state index in [1.54, 1.807) is 12.4 Å². The number of Topliss-reactive ketones (excluding diaryl/α,β-unsaturated/α-hetero) is 1. The molecule has 0 N–H and O–H groups in total. The summed E-state index contributed by atoms with van der Waals surface area (Å²) in [5, 5.41) is 0. The number of carbonyl (C=O) groups is 1. The summed E-state index contributed by atoms with van der Waals surface area (Å²) < 4.78 is 0.826. The predicted molar refractivity (Wildman–Crippen MR) is 75.7 cm³/mol. The third-order valence-corrected chi connectivity index (χ3v) is 3.76. The van der Waals surface area contributed by atoms with Crippen LogP contribution in [0.2, 0.25) is 0 Å². The molecule has 0 saturated carbocycles. The zero-order valence-electron chi connectivity index (χ0n) is 10.4. The van der Waals surface area contributed by atoms with Crippen molar-refractivity contribution in [2.45, 2.75) is 19.3 Å². The number of rotatable bonds is 3. The Kier molecular flexibility index (Phi) is 3.62. The number of nitrogens with zero attached hydrogens (tertiary/aromatic N) is 1. The molecule has 1 heterocycles. The maximum atomic E-state index is 12.6. The second-order valence-electron chi connectivity index (χ2n) is 4.68. The van der Waals surface area contributed by atoms with Crippen LogP contribution in [0.15, 0.2) is 53.3 Å². The highest BCUT2D eigenvalue weighted by atomic mass is 79.9. The van der Waals surface area contributed by atoms with Gasteiger partial charge in [0.1, 0.15) is 0 Å². The molecule has 0 saturated heterocycles. The van der Waals surface area contributed by atoms with Crippen LogP contribution in [0.25, 0.3) is 0 Å². The maximum absolute atomic E-state index is 12.6. The Hall–Kier alpha value is -1.48. The van der Waals surface area contributed by atoms with Gasteiger partial charge in [-0.2, -0.15) is 0 Å². The molecule has 18 heavy (non-hydrogen) atoms. The second-order valence-corrected chi connectivity index (χ2v) is 5.53. The van der Waals surface area contributed by atoms with E-state index in [2.05, 4.69) is 20.9 Å². The average Bonchev–Trinajstić information content (AvgIpc) is 2.39. The van der Waals surface area contributed by atoms with Crippen molar-refractivity contribution >= 4 is 21.7 Å². The third kappa shape index (κ3) is 2.36. The first kappa shape index (κ1) is 13.0. The van der Waals surface area contributed by atoms with Crippen molar-refractivity contribution < 1.29 is 4.79 Å². The van der Waals surface area contributed by atoms with Crippen LogP contribution in [0.3, 0.4) is 0 Å². The Morgan fingerprint density at radius 2 is 1.89 bits per heavy atom. The quantitative estimate of drug-likeness (QED) is 0.802. The van der Waals surface area contributed by atoms with E-state index in [-0.39, 0.29) is 5.78 Å². The SMILES string of the molecule is CC(C)(C(=O)c1ccccc1Br)c1cccnc1. The van der Waals surface area contributed by atoms with E-state index < -0.39 is 5.41 Å². The number of hydrogen-bond donors (Lipinski definition) is 0. The van der Waals surface area contributed by atoms with Gasteiger partial charge in [0, 0.05) is 22.4 Å². The van der Waals surface area contributed by atoms with Crippen molar-refractivity contribution in [2.24, 2.45) is 0 Å². The molecule has 0 radical (unpaired) electrons. The van der Waals surface area contributed by atoms with Crippen LogP contribution < -0.4 is 0 Å². The summed E-state index contributed by atoms with van der Waals surface area (Å²) in [7, 11) is 0. The van der Waals surface area contributed by atoms with Crippen molar-refractivity contribution in [1.82, 2.24) is 4.98 Å². The van der Waals surface area contributed by atoms with E-state index in [0.717, 1.165) is 10.0 Å². The van der Waals surface area contributed by atoms with Crippen molar-refractivity contribution in [3.63, 3.8) is 0 Å². The Bertz CT molecular complexity index is 564. The molecule has 2 rings (SSSR count). The van der Waals surface area contributed by atoms with Crippen LogP contribution in [-0.2, 0) is 5.41 Å². The first-order chi connectivity index (χ1) is 8.53. The highest BCUT2D eigenvalue weighted by Gasteiger charge is 2.31. The maximum Gasteiger partial charge on any atom is 0.174 e. The van der Waals surface area contributed by atoms with Gasteiger partial charge in [0.05, 0.1) is 5.41 Å². The number of pyridine rings is 1. The zero-order chi connectivity index (χ0) is 13.2. The lowest BCUT2D eigenvalue weighted by molar-refractivity contribution is 0.0907. The summed E-state index contributed by atoms with van der Waals surface area (Å²) in [4.78, 5) is 16.7. The normalized spacial score (nSPS) is 11.3. The molecular formula is C15H14BrNO. The summed E-state index contributed by atoms with van der Waals surface area (Å²) in [6.45, 7) is 3.84. The standard InChI is InChI=1S/C15H14BrNO/c1-15(2,11-6-5-9-17-10-11)14(18)12-7-3-4-8-13(12)16/h3-10H,1-2H3. The van der Waals surface area contributed by atoms with E-state index in [0.29, 0.717) is 5.56 Å². The Balaban J connectivity index is 2.43. The smallest absolute Gasteiger partial charge is 0.174 e. The molecule has 0 aliphatic heterocycles. The lowest BCUT2D eigenvalue weighted by atomic mass is 9.79. The fraction of sp³-hybridized carbons (Fsp3) is 0.200. The minimum absolute atomic E-state index is 0.0861. The lowest BCUT2D eigenvalue weighted by Crippen LogP contribution is -2.29. The van der Waals surface area contributed by atoms with Crippen LogP contribution in [0, 0.1) is 0 Å². The van der Waals surface area contributed by atoms with Gasteiger partial charge in [-0.05, 0) is 31.5 Å². The minimum atomic E-state index is -0.585. The number of ketones is 1. The topological polar surface area (TPSA) is 30.0 Å². The molecule has 0 unspecified atom stereocenters. The van der Waals surface area contributed by atoms with Crippen molar-refractivity contribution in [3.8, 4) is 0 Å². The Morgan fingerprint density at radius 3 is 2.50 bits per heavy atom. The zero-order valence-corrected chi connectivity index (χ0v) is 11.9. The average molecular weight is 304 g/mol. The van der Waals surface area contributed by atoms with Gasteiger partial charge in [0.2, 0.25) is 0 Å². The number of benzene rings is 1. The highest BCUT2D eigenvalue weighted by molar-refractivity contribution is 9.10. The molecule has 0 bridgehead atoms. The molecule has 1 aromatic carbocycles. The van der Waals surface area contributed by atoms with Crippen LogP contribution >= 0.6 is 15.9 Å². The Labute approximate surface area is 115 Å². The summed E-state index contributed by atoms with van der Waals surface area (Å²) in [5.74, 6) is 0.0861. The van der Waals surface area contributed by atoms with Gasteiger partial charge in [-0.1, -0.05) is 40.2 Å². The minimum Gasteiger partial charge on any atom is -0.293 e. The molecule has 3 heteroatoms. The van der Waals surface area contributed by atoms with E-state index in [4.69, 9.17) is 0 Å². The summed E-state index contributed by atoms with van der Waals surface area (Å²) in [6.07, 6.45) is 3.46. The van der Waals surface area contributed by atoms with Gasteiger partial charge in [0.15, 0.2) is 5.78 Å². The van der Waals surface area contributed by atoms with Gasteiger partial charge in [-0.3, -0.25) is 9.78 Å². The number of aromatic nitrogens is 1. The van der Waals surface area contributed by atoms with E-state index >= 15 is 0 Å². The fourth-order valence-electron chi connectivity index (χ4n) is 1.85. The predicted octanol–water partition coefficient (Wildman–Crippen LogP) is 4.00. The van der Waals surface area contributed by atoms with Crippen LogP contribution in [0.1, 0.15) is 29.8 Å². The molecule has 0 spiro atoms. The van der Waals surface area contributed by atoms with Gasteiger partial charge < -0.3 is 0 Å². The number of carbonyl (C=O) groups excluding carboxylic acids is 1. The molecular weight excluding hydrogens is 290 g/mol. The molecule has 0 atom stereocenters. The monoisotopic (exact) mass is 303 g/mol. The fourth-order valence-corrected chi connectivity index (χ4v) is 2.31. The van der Waals surface area contributed by atoms with Crippen molar-refractivity contribution in [3.05, 3.63) is 64.4 Å². The summed E-state index contributed by atoms with van der Waals surface area (Å²) in [6, 6.07) is 11.3. The second kappa shape index (κ2) is 5.02. The van der Waals surface area contributed by atoms with Crippen LogP contribution in [0.4, 0.5) is 0 Å². The molecule has 92 valence electrons. The molecule has 0 aliphatic rings. The van der Waals surface area contributed by atoms with Gasteiger partial charge >= 0.3 is 0 Å². The van der Waals surface area contributed by atoms with E-state index in [1.165, 1.54) is 0 Å². The number of hydrogen-bond acceptors (Lipinski definition) is 2. The molecule has 0 fully saturated rings. The first-order valence-corrected chi connectivity index (χ1v) is 6.52. The van der Waals surface area contributed by atoms with Crippen molar-refractivity contribution in [2.75, 3.05) is 0 Å². The van der Waals surface area contributed by atoms with Crippen LogP contribution in [0.5, 0.6) is 0 Å². The van der Waals surface area contributed by atoms with Crippen molar-refractivity contribution in [1.29, 1.82) is 0 Å². The lowest BCUT2D eigenvalue weighted by Gasteiger charge is -2.23. The van der Waals surface area contributed by atoms with Gasteiger partial charge in [-0.15, -0.1) is 0 Å². The van der Waals surface area contributed by atoms with Gasteiger partial charge in [0.25, 0.3) is 0 Å². The summed E-state index contributed by atoms with van der Waals surface area (Å²) in [5.41, 5.74) is 1.04. The Morgan fingerprint density at radius 1 is 1.17 bits per heavy atom. The molecule has 0 aliphatic carbocycles. The highest BCUT2D eigenvalue weighted by Crippen LogP contribution is 2.29. The van der Waals surface area contributed by atoms with Gasteiger partial charge in [-0.25, -0.2) is 0 Å². The molecule has 1 aromatic heterocycles. The first-order valence-electron chi connectivity index (χ1n) is 5.73. The largest absolute Gasteiger partial charge is 0.293 e. The molecule has 2 aromatic rings. The number of halogens is 1. The third-order valence-electron chi connectivity index (χ3n) is 3.07.